The van der Waals surface area contributed by atoms with Gasteiger partial charge in [-0.1, -0.05) is 18.2 Å². The van der Waals surface area contributed by atoms with Gasteiger partial charge in [-0.15, -0.1) is 11.3 Å². The first-order valence-electron chi connectivity index (χ1n) is 6.57. The molecular formula is C14H16N4OS. The predicted octanol–water partition coefficient (Wildman–Crippen LogP) is 1.91. The van der Waals surface area contributed by atoms with Gasteiger partial charge in [0.25, 0.3) is 0 Å². The lowest BCUT2D eigenvalue weighted by Crippen LogP contribution is -2.06. The van der Waals surface area contributed by atoms with E-state index in [1.54, 1.807) is 11.3 Å². The van der Waals surface area contributed by atoms with Crippen LogP contribution in [0.2, 0.25) is 0 Å². The predicted molar refractivity (Wildman–Crippen MR) is 79.3 cm³/mol. The molecule has 3 rings (SSSR count). The summed E-state index contributed by atoms with van der Waals surface area (Å²) >= 11 is 1.60. The Morgan fingerprint density at radius 3 is 2.85 bits per heavy atom. The fraction of sp³-hybridized carbons (Fsp3) is 0.286. The van der Waals surface area contributed by atoms with Crippen LogP contribution in [0.25, 0.3) is 4.96 Å². The normalized spacial score (nSPS) is 11.1. The number of nitrogens with zero attached hydrogens (tertiary/aromatic N) is 3. The number of nitrogens with two attached hydrogens (primary N) is 1. The highest BCUT2D eigenvalue weighted by atomic mass is 32.1. The number of benzene rings is 1. The van der Waals surface area contributed by atoms with Crippen LogP contribution in [0, 0.1) is 0 Å². The van der Waals surface area contributed by atoms with Crippen molar-refractivity contribution >= 4 is 16.3 Å². The smallest absolute Gasteiger partial charge is 0.212 e. The van der Waals surface area contributed by atoms with Crippen LogP contribution in [0.3, 0.4) is 0 Å². The van der Waals surface area contributed by atoms with E-state index in [0.29, 0.717) is 19.6 Å². The molecule has 1 aromatic carbocycles. The molecule has 104 valence electrons. The molecule has 6 heteroatoms. The molecule has 2 N–H and O–H groups in total. The lowest BCUT2D eigenvalue weighted by molar-refractivity contribution is 0.319. The number of thiazole rings is 1. The summed E-state index contributed by atoms with van der Waals surface area (Å²) in [5.74, 6) is 1.68. The van der Waals surface area contributed by atoms with Crippen LogP contribution in [0.4, 0.5) is 0 Å². The van der Waals surface area contributed by atoms with Crippen LogP contribution in [0.15, 0.2) is 35.7 Å². The molecule has 0 amide bonds. The maximum atomic E-state index is 5.65. The number of ether oxygens (including phenoxy) is 1. The molecule has 2 heterocycles. The Labute approximate surface area is 121 Å². The van der Waals surface area contributed by atoms with E-state index < -0.39 is 0 Å². The van der Waals surface area contributed by atoms with Gasteiger partial charge in [-0.2, -0.15) is 5.10 Å². The van der Waals surface area contributed by atoms with Crippen LogP contribution in [0.5, 0.6) is 5.75 Å². The van der Waals surface area contributed by atoms with Gasteiger partial charge >= 0.3 is 0 Å². The average Bonchev–Trinajstić information content (AvgIpc) is 3.02. The van der Waals surface area contributed by atoms with Crippen molar-refractivity contribution in [2.45, 2.75) is 12.8 Å². The first-order chi connectivity index (χ1) is 9.86. The number of hydrogen-bond donors (Lipinski definition) is 1. The minimum absolute atomic E-state index is 0.577. The first-order valence-corrected chi connectivity index (χ1v) is 7.45. The molecule has 0 unspecified atom stereocenters. The van der Waals surface area contributed by atoms with E-state index in [4.69, 9.17) is 10.5 Å². The van der Waals surface area contributed by atoms with E-state index >= 15 is 0 Å². The van der Waals surface area contributed by atoms with Crippen LogP contribution >= 0.6 is 11.3 Å². The van der Waals surface area contributed by atoms with Gasteiger partial charge < -0.3 is 10.5 Å². The van der Waals surface area contributed by atoms with Crippen molar-refractivity contribution < 1.29 is 4.74 Å². The Balaban J connectivity index is 1.63. The number of hydrogen-bond acceptors (Lipinski definition) is 5. The summed E-state index contributed by atoms with van der Waals surface area (Å²) in [5, 5.41) is 6.56. The fourth-order valence-electron chi connectivity index (χ4n) is 1.97. The topological polar surface area (TPSA) is 65.4 Å². The zero-order chi connectivity index (χ0) is 13.8. The van der Waals surface area contributed by atoms with Gasteiger partial charge in [0, 0.05) is 18.2 Å². The summed E-state index contributed by atoms with van der Waals surface area (Å²) in [4.78, 5) is 5.42. The van der Waals surface area contributed by atoms with Gasteiger partial charge in [0.2, 0.25) is 4.96 Å². The second-order valence-corrected chi connectivity index (χ2v) is 5.24. The molecule has 0 saturated heterocycles. The van der Waals surface area contributed by atoms with Gasteiger partial charge in [0.15, 0.2) is 5.82 Å². The number of para-hydroxylation sites is 1. The van der Waals surface area contributed by atoms with Crippen LogP contribution < -0.4 is 10.5 Å². The van der Waals surface area contributed by atoms with Crippen molar-refractivity contribution in [2.24, 2.45) is 5.73 Å². The van der Waals surface area contributed by atoms with Crippen molar-refractivity contribution in [1.82, 2.24) is 14.6 Å². The molecule has 0 bridgehead atoms. The molecule has 0 atom stereocenters. The lowest BCUT2D eigenvalue weighted by atomic mass is 10.3. The molecule has 20 heavy (non-hydrogen) atoms. The molecule has 2 aromatic heterocycles. The third kappa shape index (κ3) is 2.81. The third-order valence-corrected chi connectivity index (χ3v) is 3.80. The van der Waals surface area contributed by atoms with Gasteiger partial charge in [0.1, 0.15) is 5.75 Å². The average molecular weight is 288 g/mol. The number of fused-ring (bicyclic) bond motifs is 1. The van der Waals surface area contributed by atoms with Crippen molar-refractivity contribution in [3.8, 4) is 5.75 Å². The van der Waals surface area contributed by atoms with E-state index in [1.165, 1.54) is 0 Å². The van der Waals surface area contributed by atoms with E-state index in [1.807, 2.05) is 34.8 Å². The quantitative estimate of drug-likeness (QED) is 0.752. The molecule has 0 fully saturated rings. The van der Waals surface area contributed by atoms with Crippen molar-refractivity contribution in [3.63, 3.8) is 0 Å². The minimum atomic E-state index is 0.577. The second kappa shape index (κ2) is 6.02. The maximum Gasteiger partial charge on any atom is 0.212 e. The van der Waals surface area contributed by atoms with Crippen LogP contribution in [0.1, 0.15) is 11.5 Å². The van der Waals surface area contributed by atoms with Gasteiger partial charge in [0.05, 0.1) is 12.3 Å². The molecule has 5 nitrogen and oxygen atoms in total. The van der Waals surface area contributed by atoms with Crippen LogP contribution in [-0.2, 0) is 12.8 Å². The van der Waals surface area contributed by atoms with Gasteiger partial charge in [-0.05, 0) is 18.7 Å². The van der Waals surface area contributed by atoms with E-state index in [2.05, 4.69) is 15.5 Å². The maximum absolute atomic E-state index is 5.65. The summed E-state index contributed by atoms with van der Waals surface area (Å²) in [7, 11) is 0. The van der Waals surface area contributed by atoms with E-state index in [-0.39, 0.29) is 0 Å². The zero-order valence-electron chi connectivity index (χ0n) is 11.0. The summed E-state index contributed by atoms with van der Waals surface area (Å²) < 4.78 is 7.54. The van der Waals surface area contributed by atoms with Gasteiger partial charge in [-0.3, -0.25) is 0 Å². The summed E-state index contributed by atoms with van der Waals surface area (Å²) in [5.41, 5.74) is 6.71. The third-order valence-electron chi connectivity index (χ3n) is 2.93. The summed E-state index contributed by atoms with van der Waals surface area (Å²) in [6.45, 7) is 1.20. The molecule has 0 aliphatic carbocycles. The Bertz CT molecular complexity index is 677. The number of aromatic nitrogens is 3. The summed E-state index contributed by atoms with van der Waals surface area (Å²) in [6.07, 6.45) is 1.52. The van der Waals surface area contributed by atoms with Crippen molar-refractivity contribution in [3.05, 3.63) is 47.2 Å². The highest BCUT2D eigenvalue weighted by Crippen LogP contribution is 2.15. The Morgan fingerprint density at radius 1 is 1.20 bits per heavy atom. The molecule has 0 saturated carbocycles. The second-order valence-electron chi connectivity index (χ2n) is 4.40. The molecule has 0 aliphatic heterocycles. The van der Waals surface area contributed by atoms with Crippen molar-refractivity contribution in [1.29, 1.82) is 0 Å². The Kier molecular flexibility index (Phi) is 3.94. The molecular weight excluding hydrogens is 272 g/mol. The van der Waals surface area contributed by atoms with E-state index in [0.717, 1.165) is 28.6 Å². The molecule has 0 radical (unpaired) electrons. The SMILES string of the molecule is NCCc1csc2nc(CCOc3ccccc3)nn12. The van der Waals surface area contributed by atoms with Crippen molar-refractivity contribution in [2.75, 3.05) is 13.2 Å². The largest absolute Gasteiger partial charge is 0.493 e. The monoisotopic (exact) mass is 288 g/mol. The van der Waals surface area contributed by atoms with E-state index in [9.17, 15) is 0 Å². The fourth-order valence-corrected chi connectivity index (χ4v) is 2.84. The minimum Gasteiger partial charge on any atom is -0.493 e. The molecule has 3 aromatic rings. The van der Waals surface area contributed by atoms with Gasteiger partial charge in [-0.25, -0.2) is 9.50 Å². The number of rotatable bonds is 6. The first kappa shape index (κ1) is 13.1. The standard InChI is InChI=1S/C14H16N4OS/c15-8-6-11-10-20-14-16-13(17-18(11)14)7-9-19-12-4-2-1-3-5-12/h1-5,10H,6-9,15H2. The highest BCUT2D eigenvalue weighted by Gasteiger charge is 2.09. The Morgan fingerprint density at radius 2 is 2.05 bits per heavy atom. The lowest BCUT2D eigenvalue weighted by Gasteiger charge is -2.03. The molecule has 0 aliphatic rings. The van der Waals surface area contributed by atoms with Crippen LogP contribution in [-0.4, -0.2) is 27.7 Å². The molecule has 0 spiro atoms. The highest BCUT2D eigenvalue weighted by molar-refractivity contribution is 7.15. The Hall–Kier alpha value is -1.92. The summed E-state index contributed by atoms with van der Waals surface area (Å²) in [6, 6.07) is 9.77. The zero-order valence-corrected chi connectivity index (χ0v) is 11.8.